The van der Waals surface area contributed by atoms with Gasteiger partial charge in [-0.2, -0.15) is 0 Å². The molecule has 19 heavy (non-hydrogen) atoms. The van der Waals surface area contributed by atoms with E-state index in [1.165, 1.54) is 36.4 Å². The lowest BCUT2D eigenvalue weighted by molar-refractivity contribution is -0.111. The minimum Gasteiger partial charge on any atom is -0.322 e. The van der Waals surface area contributed by atoms with E-state index >= 15 is 0 Å². The summed E-state index contributed by atoms with van der Waals surface area (Å²) in [5.41, 5.74) is 0.667. The maximum absolute atomic E-state index is 13.3. The summed E-state index contributed by atoms with van der Waals surface area (Å²) in [7, 11) is 0. The van der Waals surface area contributed by atoms with Crippen molar-refractivity contribution < 1.29 is 13.6 Å². The third-order valence-electron chi connectivity index (χ3n) is 2.41. The Labute approximate surface area is 109 Å². The van der Waals surface area contributed by atoms with Gasteiger partial charge in [-0.1, -0.05) is 24.3 Å². The van der Waals surface area contributed by atoms with E-state index in [9.17, 15) is 13.6 Å². The summed E-state index contributed by atoms with van der Waals surface area (Å²) in [4.78, 5) is 11.6. The van der Waals surface area contributed by atoms with Gasteiger partial charge in [-0.05, 0) is 30.3 Å². The van der Waals surface area contributed by atoms with Gasteiger partial charge in [-0.15, -0.1) is 0 Å². The van der Waals surface area contributed by atoms with Crippen molar-refractivity contribution in [3.63, 3.8) is 0 Å². The molecule has 1 N–H and O–H groups in total. The van der Waals surface area contributed by atoms with Crippen LogP contribution in [0.1, 0.15) is 5.56 Å². The molecule has 2 nitrogen and oxygen atoms in total. The SMILES string of the molecule is O=C(/C=C/c1ccccc1F)Nc1cccc(F)c1. The van der Waals surface area contributed by atoms with Crippen molar-refractivity contribution in [1.82, 2.24) is 0 Å². The van der Waals surface area contributed by atoms with Gasteiger partial charge in [0.15, 0.2) is 0 Å². The fourth-order valence-corrected chi connectivity index (χ4v) is 1.53. The van der Waals surface area contributed by atoms with Crippen LogP contribution in [0.2, 0.25) is 0 Å². The number of halogens is 2. The minimum absolute atomic E-state index is 0.317. The number of rotatable bonds is 3. The fraction of sp³-hybridized carbons (Fsp3) is 0. The first kappa shape index (κ1) is 13.0. The molecule has 0 spiro atoms. The van der Waals surface area contributed by atoms with Crippen LogP contribution in [0.25, 0.3) is 6.08 Å². The summed E-state index contributed by atoms with van der Waals surface area (Å²) >= 11 is 0. The Bertz CT molecular complexity index is 623. The number of carbonyl (C=O) groups excluding carboxylic acids is 1. The number of nitrogens with one attached hydrogen (secondary N) is 1. The van der Waals surface area contributed by atoms with Gasteiger partial charge in [-0.3, -0.25) is 4.79 Å². The van der Waals surface area contributed by atoms with Crippen molar-refractivity contribution in [3.05, 3.63) is 71.8 Å². The summed E-state index contributed by atoms with van der Waals surface area (Å²) < 4.78 is 26.2. The second-order valence-electron chi connectivity index (χ2n) is 3.85. The molecule has 2 aromatic rings. The van der Waals surface area contributed by atoms with Crippen molar-refractivity contribution >= 4 is 17.7 Å². The summed E-state index contributed by atoms with van der Waals surface area (Å²) in [5.74, 6) is -1.29. The first-order valence-corrected chi connectivity index (χ1v) is 5.64. The molecule has 2 rings (SSSR count). The number of anilines is 1. The van der Waals surface area contributed by atoms with Crippen molar-refractivity contribution in [3.8, 4) is 0 Å². The Morgan fingerprint density at radius 1 is 1.05 bits per heavy atom. The largest absolute Gasteiger partial charge is 0.322 e. The summed E-state index contributed by atoms with van der Waals surface area (Å²) in [6.07, 6.45) is 2.56. The van der Waals surface area contributed by atoms with Gasteiger partial charge in [0, 0.05) is 17.3 Å². The van der Waals surface area contributed by atoms with E-state index in [4.69, 9.17) is 0 Å². The maximum Gasteiger partial charge on any atom is 0.248 e. The number of carbonyl (C=O) groups is 1. The zero-order valence-corrected chi connectivity index (χ0v) is 9.94. The van der Waals surface area contributed by atoms with Crippen molar-refractivity contribution in [2.45, 2.75) is 0 Å². The van der Waals surface area contributed by atoms with E-state index in [1.54, 1.807) is 24.3 Å². The number of amides is 1. The van der Waals surface area contributed by atoms with Crippen LogP contribution in [0.5, 0.6) is 0 Å². The Balaban J connectivity index is 2.04. The molecule has 96 valence electrons. The lowest BCUT2D eigenvalue weighted by Crippen LogP contribution is -2.07. The van der Waals surface area contributed by atoms with E-state index in [0.29, 0.717) is 11.3 Å². The lowest BCUT2D eigenvalue weighted by atomic mass is 10.2. The van der Waals surface area contributed by atoms with Crippen molar-refractivity contribution in [2.75, 3.05) is 5.32 Å². The van der Waals surface area contributed by atoms with Gasteiger partial charge in [-0.25, -0.2) is 8.78 Å². The fourth-order valence-electron chi connectivity index (χ4n) is 1.53. The normalized spacial score (nSPS) is 10.6. The van der Waals surface area contributed by atoms with Gasteiger partial charge in [0.25, 0.3) is 0 Å². The van der Waals surface area contributed by atoms with E-state index in [2.05, 4.69) is 5.32 Å². The third-order valence-corrected chi connectivity index (χ3v) is 2.41. The average Bonchev–Trinajstić information content (AvgIpc) is 2.38. The molecule has 0 heterocycles. The number of hydrogen-bond acceptors (Lipinski definition) is 1. The molecule has 0 aliphatic rings. The Hall–Kier alpha value is -2.49. The molecular formula is C15H11F2NO. The highest BCUT2D eigenvalue weighted by Crippen LogP contribution is 2.10. The first-order valence-electron chi connectivity index (χ1n) is 5.64. The first-order chi connectivity index (χ1) is 9.15. The predicted octanol–water partition coefficient (Wildman–Crippen LogP) is 3.62. The standard InChI is InChI=1S/C15H11F2NO/c16-12-5-3-6-13(10-12)18-15(19)9-8-11-4-1-2-7-14(11)17/h1-10H,(H,18,19)/b9-8+. The van der Waals surface area contributed by atoms with Crippen LogP contribution in [-0.2, 0) is 4.79 Å². The number of hydrogen-bond donors (Lipinski definition) is 1. The average molecular weight is 259 g/mol. The van der Waals surface area contributed by atoms with E-state index in [1.807, 2.05) is 0 Å². The predicted molar refractivity (Wildman–Crippen MR) is 70.5 cm³/mol. The minimum atomic E-state index is -0.450. The quantitative estimate of drug-likeness (QED) is 0.838. The molecule has 0 atom stereocenters. The van der Waals surface area contributed by atoms with Crippen LogP contribution in [0.4, 0.5) is 14.5 Å². The monoisotopic (exact) mass is 259 g/mol. The zero-order valence-electron chi connectivity index (χ0n) is 9.94. The topological polar surface area (TPSA) is 29.1 Å². The molecule has 0 saturated carbocycles. The molecule has 0 aromatic heterocycles. The summed E-state index contributed by atoms with van der Waals surface area (Å²) in [6, 6.07) is 11.7. The molecular weight excluding hydrogens is 248 g/mol. The van der Waals surface area contributed by atoms with E-state index in [-0.39, 0.29) is 0 Å². The second kappa shape index (κ2) is 5.91. The van der Waals surface area contributed by atoms with Crippen molar-refractivity contribution in [1.29, 1.82) is 0 Å². The van der Waals surface area contributed by atoms with Crippen LogP contribution in [0.15, 0.2) is 54.6 Å². The summed E-state index contributed by atoms with van der Waals surface area (Å²) in [5, 5.41) is 2.48. The van der Waals surface area contributed by atoms with Gasteiger partial charge < -0.3 is 5.32 Å². The lowest BCUT2D eigenvalue weighted by Gasteiger charge is -2.01. The van der Waals surface area contributed by atoms with Gasteiger partial charge in [0.2, 0.25) is 5.91 Å². The molecule has 2 aromatic carbocycles. The van der Waals surface area contributed by atoms with E-state index < -0.39 is 17.5 Å². The summed E-state index contributed by atoms with van der Waals surface area (Å²) in [6.45, 7) is 0. The zero-order chi connectivity index (χ0) is 13.7. The molecule has 0 aliphatic carbocycles. The molecule has 0 fully saturated rings. The maximum atomic E-state index is 13.3. The van der Waals surface area contributed by atoms with Crippen LogP contribution in [-0.4, -0.2) is 5.91 Å². The van der Waals surface area contributed by atoms with Gasteiger partial charge >= 0.3 is 0 Å². The van der Waals surface area contributed by atoms with E-state index in [0.717, 1.165) is 0 Å². The molecule has 4 heteroatoms. The third kappa shape index (κ3) is 3.74. The Morgan fingerprint density at radius 3 is 2.58 bits per heavy atom. The molecule has 0 aliphatic heterocycles. The molecule has 1 amide bonds. The highest BCUT2D eigenvalue weighted by atomic mass is 19.1. The van der Waals surface area contributed by atoms with Crippen molar-refractivity contribution in [2.24, 2.45) is 0 Å². The Kier molecular flexibility index (Phi) is 4.03. The van der Waals surface area contributed by atoms with Gasteiger partial charge in [0.1, 0.15) is 11.6 Å². The highest BCUT2D eigenvalue weighted by Gasteiger charge is 2.00. The van der Waals surface area contributed by atoms with Crippen LogP contribution in [0, 0.1) is 11.6 Å². The Morgan fingerprint density at radius 2 is 1.84 bits per heavy atom. The molecule has 0 unspecified atom stereocenters. The second-order valence-corrected chi connectivity index (χ2v) is 3.85. The van der Waals surface area contributed by atoms with Gasteiger partial charge in [0.05, 0.1) is 0 Å². The smallest absolute Gasteiger partial charge is 0.248 e. The highest BCUT2D eigenvalue weighted by molar-refractivity contribution is 6.01. The van der Waals surface area contributed by atoms with Crippen LogP contribution >= 0.6 is 0 Å². The molecule has 0 saturated heterocycles. The molecule has 0 radical (unpaired) electrons. The molecule has 0 bridgehead atoms. The van der Waals surface area contributed by atoms with Crippen LogP contribution in [0.3, 0.4) is 0 Å². The number of benzene rings is 2. The van der Waals surface area contributed by atoms with Crippen LogP contribution < -0.4 is 5.32 Å².